The summed E-state index contributed by atoms with van der Waals surface area (Å²) in [7, 11) is 0. The number of unbranched alkanes of at least 4 members (excludes halogenated alkanes) is 29. The van der Waals surface area contributed by atoms with Gasteiger partial charge in [0.25, 0.3) is 0 Å². The highest BCUT2D eigenvalue weighted by Crippen LogP contribution is 2.16. The molecule has 0 radical (unpaired) electrons. The normalized spacial score (nSPS) is 12.6. The zero-order chi connectivity index (χ0) is 49.3. The van der Waals surface area contributed by atoms with Crippen molar-refractivity contribution in [3.8, 4) is 0 Å². The van der Waals surface area contributed by atoms with E-state index in [1.54, 1.807) is 0 Å². The van der Waals surface area contributed by atoms with Crippen LogP contribution in [0.25, 0.3) is 0 Å². The predicted molar refractivity (Wildman–Crippen MR) is 293 cm³/mol. The molecule has 1 atom stereocenters. The Balaban J connectivity index is 4.28. The van der Waals surface area contributed by atoms with Gasteiger partial charge in [-0.3, -0.25) is 14.4 Å². The van der Waals surface area contributed by atoms with Crippen molar-refractivity contribution in [1.29, 1.82) is 0 Å². The topological polar surface area (TPSA) is 78.9 Å². The number of rotatable bonds is 52. The third-order valence-electron chi connectivity index (χ3n) is 12.5. The number of hydrogen-bond acceptors (Lipinski definition) is 6. The minimum Gasteiger partial charge on any atom is -0.462 e. The van der Waals surface area contributed by atoms with Gasteiger partial charge in [0.05, 0.1) is 0 Å². The number of carbonyl (C=O) groups excluding carboxylic acids is 3. The fourth-order valence-corrected chi connectivity index (χ4v) is 8.13. The van der Waals surface area contributed by atoms with Crippen molar-refractivity contribution in [1.82, 2.24) is 0 Å². The summed E-state index contributed by atoms with van der Waals surface area (Å²) < 4.78 is 16.8. The Kier molecular flexibility index (Phi) is 53.8. The van der Waals surface area contributed by atoms with Crippen LogP contribution in [0, 0.1) is 0 Å². The monoisotopic (exact) mass is 949 g/mol. The molecule has 0 bridgehead atoms. The summed E-state index contributed by atoms with van der Waals surface area (Å²) in [5.74, 6) is -0.977. The van der Waals surface area contributed by atoms with E-state index in [9.17, 15) is 14.4 Å². The fourth-order valence-electron chi connectivity index (χ4n) is 8.13. The van der Waals surface area contributed by atoms with Crippen LogP contribution < -0.4 is 0 Å². The van der Waals surface area contributed by atoms with Gasteiger partial charge in [-0.15, -0.1) is 0 Å². The van der Waals surface area contributed by atoms with E-state index in [4.69, 9.17) is 14.2 Å². The maximum Gasteiger partial charge on any atom is 0.306 e. The van der Waals surface area contributed by atoms with Crippen molar-refractivity contribution in [3.63, 3.8) is 0 Å². The van der Waals surface area contributed by atoms with Crippen LogP contribution >= 0.6 is 0 Å². The molecule has 1 unspecified atom stereocenters. The highest BCUT2D eigenvalue weighted by Gasteiger charge is 2.19. The first-order valence-electron chi connectivity index (χ1n) is 28.9. The van der Waals surface area contributed by atoms with Crippen molar-refractivity contribution in [2.75, 3.05) is 13.2 Å². The van der Waals surface area contributed by atoms with Gasteiger partial charge in [0.1, 0.15) is 13.2 Å². The van der Waals surface area contributed by atoms with E-state index < -0.39 is 6.10 Å². The number of hydrogen-bond donors (Lipinski definition) is 0. The van der Waals surface area contributed by atoms with E-state index in [1.165, 1.54) is 167 Å². The third-order valence-corrected chi connectivity index (χ3v) is 12.5. The van der Waals surface area contributed by atoms with Crippen molar-refractivity contribution in [3.05, 3.63) is 72.9 Å². The molecule has 6 nitrogen and oxygen atoms in total. The number of ether oxygens (including phenoxy) is 3. The number of carbonyl (C=O) groups is 3. The lowest BCUT2D eigenvalue weighted by Gasteiger charge is -2.18. The van der Waals surface area contributed by atoms with Gasteiger partial charge >= 0.3 is 17.9 Å². The van der Waals surface area contributed by atoms with Crippen LogP contribution in [0.5, 0.6) is 0 Å². The van der Waals surface area contributed by atoms with Gasteiger partial charge in [-0.25, -0.2) is 0 Å². The molecule has 0 rings (SSSR count). The smallest absolute Gasteiger partial charge is 0.306 e. The second-order valence-corrected chi connectivity index (χ2v) is 19.2. The molecule has 0 fully saturated rings. The second kappa shape index (κ2) is 56.4. The van der Waals surface area contributed by atoms with Gasteiger partial charge in [-0.1, -0.05) is 261 Å². The molecule has 68 heavy (non-hydrogen) atoms. The molecule has 0 heterocycles. The van der Waals surface area contributed by atoms with E-state index >= 15 is 0 Å². The zero-order valence-electron chi connectivity index (χ0n) is 44.9. The molecule has 0 amide bonds. The van der Waals surface area contributed by atoms with Crippen LogP contribution in [-0.4, -0.2) is 37.2 Å². The highest BCUT2D eigenvalue weighted by atomic mass is 16.6. The average Bonchev–Trinajstić information content (AvgIpc) is 3.34. The first-order chi connectivity index (χ1) is 33.5. The van der Waals surface area contributed by atoms with E-state index in [0.29, 0.717) is 19.3 Å². The molecule has 392 valence electrons. The summed E-state index contributed by atoms with van der Waals surface area (Å²) in [6, 6.07) is 0. The van der Waals surface area contributed by atoms with E-state index in [0.717, 1.165) is 70.6 Å². The quantitative estimate of drug-likeness (QED) is 0.0262. The highest BCUT2D eigenvalue weighted by molar-refractivity contribution is 5.71. The summed E-state index contributed by atoms with van der Waals surface area (Å²) in [6.07, 6.45) is 72.1. The Labute approximate surface area is 421 Å². The Bertz CT molecular complexity index is 1270. The van der Waals surface area contributed by atoms with Crippen LogP contribution in [0.15, 0.2) is 72.9 Å². The van der Waals surface area contributed by atoms with Crippen LogP contribution in [0.3, 0.4) is 0 Å². The van der Waals surface area contributed by atoms with Gasteiger partial charge in [0.15, 0.2) is 6.10 Å². The van der Waals surface area contributed by atoms with E-state index in [-0.39, 0.29) is 37.5 Å². The molecule has 6 heteroatoms. The molecule has 0 aromatic carbocycles. The SMILES string of the molecule is CC/C=C\C/C=C\C/C=C\C/C=C\CCC(=O)OC(COC(=O)CCCCCCCCCCCCCC)COC(=O)CCCCCCCCCCCCCCC/C=C\C/C=C\CCCCCCC. The Hall–Kier alpha value is -3.15. The maximum atomic E-state index is 12.8. The molecule has 0 aliphatic carbocycles. The van der Waals surface area contributed by atoms with Gasteiger partial charge in [0.2, 0.25) is 0 Å². The molecule has 0 aliphatic heterocycles. The van der Waals surface area contributed by atoms with Crippen molar-refractivity contribution in [2.45, 2.75) is 290 Å². The molecule has 0 aromatic rings. The summed E-state index contributed by atoms with van der Waals surface area (Å²) >= 11 is 0. The summed E-state index contributed by atoms with van der Waals surface area (Å²) in [6.45, 7) is 6.47. The molecule has 0 saturated carbocycles. The minimum absolute atomic E-state index is 0.101. The lowest BCUT2D eigenvalue weighted by Crippen LogP contribution is -2.30. The Morgan fingerprint density at radius 3 is 0.956 bits per heavy atom. The molecule has 0 saturated heterocycles. The predicted octanol–water partition coefficient (Wildman–Crippen LogP) is 19.4. The van der Waals surface area contributed by atoms with Crippen LogP contribution in [0.1, 0.15) is 284 Å². The maximum absolute atomic E-state index is 12.8. The minimum atomic E-state index is -0.811. The largest absolute Gasteiger partial charge is 0.462 e. The van der Waals surface area contributed by atoms with Gasteiger partial charge in [0, 0.05) is 19.3 Å². The van der Waals surface area contributed by atoms with Crippen molar-refractivity contribution in [2.24, 2.45) is 0 Å². The summed E-state index contributed by atoms with van der Waals surface area (Å²) in [5, 5.41) is 0. The van der Waals surface area contributed by atoms with Crippen LogP contribution in [0.4, 0.5) is 0 Å². The first-order valence-corrected chi connectivity index (χ1v) is 28.9. The number of allylic oxidation sites excluding steroid dienone is 12. The van der Waals surface area contributed by atoms with Crippen LogP contribution in [-0.2, 0) is 28.6 Å². The van der Waals surface area contributed by atoms with Crippen LogP contribution in [0.2, 0.25) is 0 Å². The Morgan fingerprint density at radius 1 is 0.309 bits per heavy atom. The molecule has 0 N–H and O–H groups in total. The standard InChI is InChI=1S/C62H108O6/c1-4-7-10-13-16-19-22-25-26-27-28-29-30-31-32-33-34-35-36-38-40-43-46-49-52-55-61(64)67-58-59(57-66-60(63)54-51-48-45-42-39-24-21-18-15-12-9-6-3)68-62(65)56-53-50-47-44-41-37-23-20-17-14-11-8-5-2/h8,11,17,20,22,25,27-28,37,41,47,50,59H,4-7,9-10,12-16,18-19,21,23-24,26,29-36,38-40,42-46,48-49,51-58H2,1-3H3/b11-8-,20-17-,25-22-,28-27-,41-37-,50-47-. The number of esters is 3. The van der Waals surface area contributed by atoms with Gasteiger partial charge < -0.3 is 14.2 Å². The first kappa shape index (κ1) is 64.8. The lowest BCUT2D eigenvalue weighted by molar-refractivity contribution is -0.166. The van der Waals surface area contributed by atoms with Crippen molar-refractivity contribution < 1.29 is 28.6 Å². The molecular formula is C62H108O6. The van der Waals surface area contributed by atoms with Gasteiger partial charge in [-0.05, 0) is 77.0 Å². The lowest BCUT2D eigenvalue weighted by atomic mass is 10.0. The zero-order valence-corrected chi connectivity index (χ0v) is 44.9. The summed E-state index contributed by atoms with van der Waals surface area (Å²) in [4.78, 5) is 38.0. The summed E-state index contributed by atoms with van der Waals surface area (Å²) in [5.41, 5.74) is 0. The average molecular weight is 950 g/mol. The van der Waals surface area contributed by atoms with Gasteiger partial charge in [-0.2, -0.15) is 0 Å². The molecule has 0 aromatic heterocycles. The van der Waals surface area contributed by atoms with Crippen molar-refractivity contribution >= 4 is 17.9 Å². The Morgan fingerprint density at radius 2 is 0.603 bits per heavy atom. The third kappa shape index (κ3) is 53.8. The van der Waals surface area contributed by atoms with E-state index in [2.05, 4.69) is 87.6 Å². The molecule has 0 aliphatic rings. The van der Waals surface area contributed by atoms with E-state index in [1.807, 2.05) is 6.08 Å². The fraction of sp³-hybridized carbons (Fsp3) is 0.758. The molecule has 0 spiro atoms. The second-order valence-electron chi connectivity index (χ2n) is 19.2. The molecular weight excluding hydrogens is 841 g/mol.